The summed E-state index contributed by atoms with van der Waals surface area (Å²) in [6, 6.07) is 0. The van der Waals surface area contributed by atoms with Crippen molar-refractivity contribution in [3.05, 3.63) is 12.7 Å². The molecule has 0 aliphatic carbocycles. The van der Waals surface area contributed by atoms with Crippen LogP contribution in [0.25, 0.3) is 0 Å². The van der Waals surface area contributed by atoms with Gasteiger partial charge in [0.2, 0.25) is 0 Å². The van der Waals surface area contributed by atoms with Crippen molar-refractivity contribution in [2.45, 2.75) is 38.3 Å². The minimum atomic E-state index is -1.02. The Kier molecular flexibility index (Phi) is 4.32. The highest BCUT2D eigenvalue weighted by molar-refractivity contribution is 4.80. The standard InChI is InChI=1S/C8H17NO/c1-3-5-7-8(9,10)6-4-2/h4,10H,2-3,5-7,9H2,1H3. The predicted octanol–water partition coefficient (Wildman–Crippen LogP) is 1.40. The lowest BCUT2D eigenvalue weighted by atomic mass is 10.0. The highest BCUT2D eigenvalue weighted by Gasteiger charge is 2.16. The molecular formula is C8H17NO. The average Bonchev–Trinajstić information content (AvgIpc) is 1.84. The van der Waals surface area contributed by atoms with Gasteiger partial charge in [-0.25, -0.2) is 0 Å². The number of unbranched alkanes of at least 4 members (excludes halogenated alkanes) is 1. The normalized spacial score (nSPS) is 16.3. The maximum absolute atomic E-state index is 9.35. The number of hydrogen-bond donors (Lipinski definition) is 2. The lowest BCUT2D eigenvalue weighted by Crippen LogP contribution is -2.38. The minimum Gasteiger partial charge on any atom is -0.376 e. The fraction of sp³-hybridized carbons (Fsp3) is 0.750. The first-order valence-corrected chi connectivity index (χ1v) is 3.74. The van der Waals surface area contributed by atoms with Gasteiger partial charge in [-0.3, -0.25) is 0 Å². The predicted molar refractivity (Wildman–Crippen MR) is 43.5 cm³/mol. The van der Waals surface area contributed by atoms with E-state index < -0.39 is 5.72 Å². The monoisotopic (exact) mass is 143 g/mol. The molecule has 0 radical (unpaired) electrons. The van der Waals surface area contributed by atoms with Gasteiger partial charge in [0, 0.05) is 6.42 Å². The molecule has 0 aromatic carbocycles. The largest absolute Gasteiger partial charge is 0.376 e. The van der Waals surface area contributed by atoms with Crippen molar-refractivity contribution in [2.75, 3.05) is 0 Å². The molecule has 1 atom stereocenters. The molecule has 0 rings (SSSR count). The van der Waals surface area contributed by atoms with Crippen LogP contribution in [0.1, 0.15) is 32.6 Å². The zero-order chi connectivity index (χ0) is 8.04. The molecule has 0 bridgehead atoms. The Balaban J connectivity index is 3.51. The average molecular weight is 143 g/mol. The molecule has 0 aliphatic heterocycles. The maximum atomic E-state index is 9.35. The van der Waals surface area contributed by atoms with Gasteiger partial charge in [0.05, 0.1) is 0 Å². The van der Waals surface area contributed by atoms with Crippen LogP contribution in [0, 0.1) is 0 Å². The van der Waals surface area contributed by atoms with E-state index in [0.717, 1.165) is 12.8 Å². The van der Waals surface area contributed by atoms with E-state index in [9.17, 15) is 5.11 Å². The SMILES string of the molecule is C=CCC(N)(O)CCCC. The Morgan fingerprint density at radius 3 is 2.70 bits per heavy atom. The smallest absolute Gasteiger partial charge is 0.117 e. The molecule has 2 heteroatoms. The molecule has 0 spiro atoms. The second-order valence-corrected chi connectivity index (χ2v) is 2.70. The highest BCUT2D eigenvalue weighted by atomic mass is 16.3. The molecule has 0 heterocycles. The molecule has 0 fully saturated rings. The Bertz CT molecular complexity index is 99.4. The van der Waals surface area contributed by atoms with E-state index in [1.54, 1.807) is 6.08 Å². The number of aliphatic hydroxyl groups is 1. The van der Waals surface area contributed by atoms with Crippen LogP contribution in [0.4, 0.5) is 0 Å². The highest BCUT2D eigenvalue weighted by Crippen LogP contribution is 2.11. The van der Waals surface area contributed by atoms with E-state index in [0.29, 0.717) is 12.8 Å². The van der Waals surface area contributed by atoms with Gasteiger partial charge in [0.15, 0.2) is 0 Å². The molecule has 0 aliphatic rings. The van der Waals surface area contributed by atoms with Gasteiger partial charge in [-0.1, -0.05) is 19.4 Å². The van der Waals surface area contributed by atoms with E-state index in [1.165, 1.54) is 0 Å². The third-order valence-electron chi connectivity index (χ3n) is 1.46. The molecule has 0 saturated carbocycles. The summed E-state index contributed by atoms with van der Waals surface area (Å²) >= 11 is 0. The summed E-state index contributed by atoms with van der Waals surface area (Å²) in [7, 11) is 0. The van der Waals surface area contributed by atoms with Crippen molar-refractivity contribution in [3.63, 3.8) is 0 Å². The quantitative estimate of drug-likeness (QED) is 0.451. The summed E-state index contributed by atoms with van der Waals surface area (Å²) in [6.45, 7) is 5.59. The number of nitrogens with two attached hydrogens (primary N) is 1. The first-order valence-electron chi connectivity index (χ1n) is 3.74. The van der Waals surface area contributed by atoms with Crippen LogP contribution in [0.15, 0.2) is 12.7 Å². The third kappa shape index (κ3) is 4.53. The van der Waals surface area contributed by atoms with E-state index in [1.807, 2.05) is 0 Å². The van der Waals surface area contributed by atoms with Gasteiger partial charge in [-0.05, 0) is 12.8 Å². The molecule has 0 saturated heterocycles. The van der Waals surface area contributed by atoms with Crippen molar-refractivity contribution in [1.29, 1.82) is 0 Å². The van der Waals surface area contributed by atoms with Gasteiger partial charge in [0.1, 0.15) is 5.72 Å². The van der Waals surface area contributed by atoms with E-state index in [-0.39, 0.29) is 0 Å². The number of hydrogen-bond acceptors (Lipinski definition) is 2. The summed E-state index contributed by atoms with van der Waals surface area (Å²) < 4.78 is 0. The van der Waals surface area contributed by atoms with Crippen molar-refractivity contribution in [3.8, 4) is 0 Å². The first kappa shape index (κ1) is 9.66. The third-order valence-corrected chi connectivity index (χ3v) is 1.46. The van der Waals surface area contributed by atoms with Gasteiger partial charge in [-0.2, -0.15) is 0 Å². The zero-order valence-corrected chi connectivity index (χ0v) is 6.64. The fourth-order valence-electron chi connectivity index (χ4n) is 0.835. The van der Waals surface area contributed by atoms with Gasteiger partial charge < -0.3 is 10.8 Å². The molecule has 3 N–H and O–H groups in total. The van der Waals surface area contributed by atoms with E-state index in [4.69, 9.17) is 5.73 Å². The molecule has 0 aromatic heterocycles. The van der Waals surface area contributed by atoms with E-state index >= 15 is 0 Å². The summed E-state index contributed by atoms with van der Waals surface area (Å²) in [4.78, 5) is 0. The summed E-state index contributed by atoms with van der Waals surface area (Å²) in [5.74, 6) is 0. The van der Waals surface area contributed by atoms with Crippen molar-refractivity contribution in [1.82, 2.24) is 0 Å². The summed E-state index contributed by atoms with van der Waals surface area (Å²) in [5, 5.41) is 9.35. The zero-order valence-electron chi connectivity index (χ0n) is 6.64. The molecule has 0 aromatic rings. The minimum absolute atomic E-state index is 0.479. The fourth-order valence-corrected chi connectivity index (χ4v) is 0.835. The molecule has 0 amide bonds. The Morgan fingerprint density at radius 1 is 1.70 bits per heavy atom. The molecule has 60 valence electrons. The van der Waals surface area contributed by atoms with Gasteiger partial charge in [-0.15, -0.1) is 6.58 Å². The van der Waals surface area contributed by atoms with Crippen LogP contribution in [0.5, 0.6) is 0 Å². The molecular weight excluding hydrogens is 126 g/mol. The number of rotatable bonds is 5. The van der Waals surface area contributed by atoms with Crippen LogP contribution in [-0.2, 0) is 0 Å². The summed E-state index contributed by atoms with van der Waals surface area (Å²) in [6.07, 6.45) is 4.83. The Hall–Kier alpha value is -0.340. The van der Waals surface area contributed by atoms with Crippen LogP contribution >= 0.6 is 0 Å². The van der Waals surface area contributed by atoms with Crippen LogP contribution < -0.4 is 5.73 Å². The Morgan fingerprint density at radius 2 is 2.30 bits per heavy atom. The molecule has 2 nitrogen and oxygen atoms in total. The maximum Gasteiger partial charge on any atom is 0.117 e. The second-order valence-electron chi connectivity index (χ2n) is 2.70. The first-order chi connectivity index (χ1) is 4.62. The van der Waals surface area contributed by atoms with Crippen molar-refractivity contribution in [2.24, 2.45) is 5.73 Å². The second kappa shape index (κ2) is 4.47. The topological polar surface area (TPSA) is 46.2 Å². The molecule has 10 heavy (non-hydrogen) atoms. The van der Waals surface area contributed by atoms with Crippen LogP contribution in [0.3, 0.4) is 0 Å². The lowest BCUT2D eigenvalue weighted by Gasteiger charge is -2.20. The lowest BCUT2D eigenvalue weighted by molar-refractivity contribution is 0.0389. The van der Waals surface area contributed by atoms with Crippen molar-refractivity contribution >= 4 is 0 Å². The van der Waals surface area contributed by atoms with Gasteiger partial charge >= 0.3 is 0 Å². The Labute approximate surface area is 62.7 Å². The summed E-state index contributed by atoms with van der Waals surface area (Å²) in [5.41, 5.74) is 4.48. The van der Waals surface area contributed by atoms with Crippen molar-refractivity contribution < 1.29 is 5.11 Å². The van der Waals surface area contributed by atoms with Crippen LogP contribution in [0.2, 0.25) is 0 Å². The van der Waals surface area contributed by atoms with Crippen LogP contribution in [-0.4, -0.2) is 10.8 Å². The van der Waals surface area contributed by atoms with E-state index in [2.05, 4.69) is 13.5 Å². The van der Waals surface area contributed by atoms with Gasteiger partial charge in [0.25, 0.3) is 0 Å². The molecule has 1 unspecified atom stereocenters.